The Morgan fingerprint density at radius 1 is 1.32 bits per heavy atom. The molecule has 2 atom stereocenters. The smallest absolute Gasteiger partial charge is 0.260 e. The number of aromatic nitrogens is 1. The molecule has 7 nitrogen and oxygen atoms in total. The van der Waals surface area contributed by atoms with Crippen LogP contribution in [0.15, 0.2) is 22.1 Å². The molecular formula is C18H26Cl2N4O3S. The van der Waals surface area contributed by atoms with Gasteiger partial charge in [-0.05, 0) is 38.3 Å². The van der Waals surface area contributed by atoms with Gasteiger partial charge in [0.25, 0.3) is 5.91 Å². The van der Waals surface area contributed by atoms with E-state index in [9.17, 15) is 9.59 Å². The number of furan rings is 1. The Labute approximate surface area is 180 Å². The molecule has 2 amide bonds. The molecule has 4 N–H and O–H groups in total. The third-order valence-electron chi connectivity index (χ3n) is 4.78. The minimum Gasteiger partial charge on any atom is -0.469 e. The average molecular weight is 449 g/mol. The van der Waals surface area contributed by atoms with E-state index < -0.39 is 0 Å². The van der Waals surface area contributed by atoms with Crippen LogP contribution in [0.2, 0.25) is 0 Å². The molecule has 156 valence electrons. The molecule has 0 saturated heterocycles. The summed E-state index contributed by atoms with van der Waals surface area (Å²) >= 11 is 1.30. The largest absolute Gasteiger partial charge is 0.469 e. The molecule has 28 heavy (non-hydrogen) atoms. The number of nitrogens with one attached hydrogen (secondary N) is 2. The summed E-state index contributed by atoms with van der Waals surface area (Å²) in [6, 6.07) is 1.77. The lowest BCUT2D eigenvalue weighted by Gasteiger charge is -2.31. The van der Waals surface area contributed by atoms with E-state index in [4.69, 9.17) is 10.2 Å². The first-order valence-electron chi connectivity index (χ1n) is 8.86. The van der Waals surface area contributed by atoms with E-state index in [0.29, 0.717) is 34.6 Å². The van der Waals surface area contributed by atoms with Crippen molar-refractivity contribution in [1.29, 1.82) is 0 Å². The van der Waals surface area contributed by atoms with Gasteiger partial charge in [0.15, 0.2) is 5.13 Å². The Hall–Kier alpha value is -1.61. The van der Waals surface area contributed by atoms with E-state index in [0.717, 1.165) is 19.3 Å². The highest BCUT2D eigenvalue weighted by Gasteiger charge is 2.25. The van der Waals surface area contributed by atoms with Gasteiger partial charge in [0.1, 0.15) is 5.76 Å². The average Bonchev–Trinajstić information content (AvgIpc) is 3.24. The molecule has 2 aromatic heterocycles. The quantitative estimate of drug-likeness (QED) is 0.627. The molecule has 0 aliphatic heterocycles. The second-order valence-electron chi connectivity index (χ2n) is 6.62. The predicted octanol–water partition coefficient (Wildman–Crippen LogP) is 3.32. The summed E-state index contributed by atoms with van der Waals surface area (Å²) in [5.74, 6) is 0.593. The molecule has 2 unspecified atom stereocenters. The fraction of sp³-hybridized carbons (Fsp3) is 0.500. The summed E-state index contributed by atoms with van der Waals surface area (Å²) in [6.45, 7) is 2.33. The van der Waals surface area contributed by atoms with Gasteiger partial charge < -0.3 is 15.5 Å². The van der Waals surface area contributed by atoms with Gasteiger partial charge in [-0.1, -0.05) is 12.8 Å². The van der Waals surface area contributed by atoms with Crippen LogP contribution in [0, 0.1) is 12.8 Å². The van der Waals surface area contributed by atoms with Crippen molar-refractivity contribution in [1.82, 2.24) is 10.3 Å². The standard InChI is InChI=1S/C18H24N4O3S.2ClH/c1-11-14(6-7-25-11)17(24)22-18-20-13(10-26-18)8-16(23)21-15-5-3-2-4-12(15)9-19;;/h6-7,10,12,15H,2-5,8-9,19H2,1H3,(H,21,23)(H,20,22,24);2*1H. The van der Waals surface area contributed by atoms with Crippen LogP contribution >= 0.6 is 36.2 Å². The van der Waals surface area contributed by atoms with Crippen LogP contribution in [0.25, 0.3) is 0 Å². The van der Waals surface area contributed by atoms with Gasteiger partial charge >= 0.3 is 0 Å². The molecule has 1 fully saturated rings. The van der Waals surface area contributed by atoms with Crippen LogP contribution < -0.4 is 16.4 Å². The number of amides is 2. The number of nitrogens with zero attached hydrogens (tertiary/aromatic N) is 1. The van der Waals surface area contributed by atoms with Crippen molar-refractivity contribution in [3.63, 3.8) is 0 Å². The summed E-state index contributed by atoms with van der Waals surface area (Å²) < 4.78 is 5.13. The molecule has 0 aromatic carbocycles. The summed E-state index contributed by atoms with van der Waals surface area (Å²) in [7, 11) is 0. The van der Waals surface area contributed by atoms with Crippen molar-refractivity contribution in [3.05, 3.63) is 34.7 Å². The summed E-state index contributed by atoms with van der Waals surface area (Å²) in [4.78, 5) is 28.8. The number of halogens is 2. The fourth-order valence-corrected chi connectivity index (χ4v) is 4.04. The van der Waals surface area contributed by atoms with Crippen LogP contribution in [0.1, 0.15) is 47.5 Å². The van der Waals surface area contributed by atoms with Crippen molar-refractivity contribution in [2.45, 2.75) is 45.1 Å². The fourth-order valence-electron chi connectivity index (χ4n) is 3.33. The third kappa shape index (κ3) is 6.20. The maximum absolute atomic E-state index is 12.3. The molecule has 3 rings (SSSR count). The molecule has 2 heterocycles. The normalized spacial score (nSPS) is 18.5. The molecule has 1 aliphatic carbocycles. The second-order valence-corrected chi connectivity index (χ2v) is 7.48. The van der Waals surface area contributed by atoms with Crippen LogP contribution in [0.5, 0.6) is 0 Å². The van der Waals surface area contributed by atoms with Gasteiger partial charge in [-0.25, -0.2) is 4.98 Å². The number of anilines is 1. The highest BCUT2D eigenvalue weighted by atomic mass is 35.5. The Bertz CT molecular complexity index is 780. The SMILES string of the molecule is Cc1occc1C(=O)Nc1nc(CC(=O)NC2CCCCC2CN)cs1.Cl.Cl. The molecule has 10 heteroatoms. The summed E-state index contributed by atoms with van der Waals surface area (Å²) in [5, 5.41) is 8.09. The van der Waals surface area contributed by atoms with E-state index in [1.807, 2.05) is 0 Å². The molecule has 1 saturated carbocycles. The number of rotatable bonds is 6. The van der Waals surface area contributed by atoms with Crippen molar-refractivity contribution >= 4 is 53.1 Å². The molecule has 1 aliphatic rings. The van der Waals surface area contributed by atoms with E-state index in [-0.39, 0.29) is 49.1 Å². The summed E-state index contributed by atoms with van der Waals surface area (Å²) in [5.41, 5.74) is 6.94. The van der Waals surface area contributed by atoms with Crippen LogP contribution in [0.4, 0.5) is 5.13 Å². The topological polar surface area (TPSA) is 110 Å². The van der Waals surface area contributed by atoms with Crippen LogP contribution in [-0.2, 0) is 11.2 Å². The van der Waals surface area contributed by atoms with Crippen LogP contribution in [-0.4, -0.2) is 29.4 Å². The number of carbonyl (C=O) groups is 2. The number of nitrogens with two attached hydrogens (primary N) is 1. The lowest BCUT2D eigenvalue weighted by Crippen LogP contribution is -2.45. The molecule has 0 bridgehead atoms. The number of hydrogen-bond donors (Lipinski definition) is 3. The van der Waals surface area contributed by atoms with Gasteiger partial charge in [-0.15, -0.1) is 36.2 Å². The van der Waals surface area contributed by atoms with Crippen molar-refractivity contribution in [2.24, 2.45) is 11.7 Å². The summed E-state index contributed by atoms with van der Waals surface area (Å²) in [6.07, 6.45) is 6.03. The molecule has 0 radical (unpaired) electrons. The third-order valence-corrected chi connectivity index (χ3v) is 5.58. The van der Waals surface area contributed by atoms with Gasteiger partial charge in [-0.3, -0.25) is 14.9 Å². The minimum atomic E-state index is -0.269. The van der Waals surface area contributed by atoms with Gasteiger partial charge in [0.2, 0.25) is 5.91 Å². The molecular weight excluding hydrogens is 423 g/mol. The second kappa shape index (κ2) is 11.4. The first-order chi connectivity index (χ1) is 12.6. The zero-order chi connectivity index (χ0) is 18.5. The van der Waals surface area contributed by atoms with E-state index in [1.165, 1.54) is 24.0 Å². The van der Waals surface area contributed by atoms with E-state index in [2.05, 4.69) is 15.6 Å². The zero-order valence-corrected chi connectivity index (χ0v) is 18.1. The Morgan fingerprint density at radius 2 is 2.07 bits per heavy atom. The molecule has 0 spiro atoms. The number of carbonyl (C=O) groups excluding carboxylic acids is 2. The van der Waals surface area contributed by atoms with Crippen molar-refractivity contribution in [3.8, 4) is 0 Å². The zero-order valence-electron chi connectivity index (χ0n) is 15.6. The van der Waals surface area contributed by atoms with Gasteiger partial charge in [0.05, 0.1) is 23.9 Å². The maximum Gasteiger partial charge on any atom is 0.260 e. The first-order valence-corrected chi connectivity index (χ1v) is 9.74. The van der Waals surface area contributed by atoms with Crippen LogP contribution in [0.3, 0.4) is 0 Å². The number of thiazole rings is 1. The highest BCUT2D eigenvalue weighted by Crippen LogP contribution is 2.24. The monoisotopic (exact) mass is 448 g/mol. The lowest BCUT2D eigenvalue weighted by atomic mass is 9.84. The van der Waals surface area contributed by atoms with Crippen molar-refractivity contribution in [2.75, 3.05) is 11.9 Å². The predicted molar refractivity (Wildman–Crippen MR) is 115 cm³/mol. The van der Waals surface area contributed by atoms with E-state index >= 15 is 0 Å². The highest BCUT2D eigenvalue weighted by molar-refractivity contribution is 7.14. The Kier molecular flexibility index (Phi) is 9.95. The molecule has 2 aromatic rings. The maximum atomic E-state index is 12.3. The van der Waals surface area contributed by atoms with E-state index in [1.54, 1.807) is 18.4 Å². The number of aryl methyl sites for hydroxylation is 1. The van der Waals surface area contributed by atoms with Gasteiger partial charge in [-0.2, -0.15) is 0 Å². The van der Waals surface area contributed by atoms with Crippen molar-refractivity contribution < 1.29 is 14.0 Å². The minimum absolute atomic E-state index is 0. The first kappa shape index (κ1) is 24.4. The number of hydrogen-bond acceptors (Lipinski definition) is 6. The Morgan fingerprint density at radius 3 is 2.75 bits per heavy atom. The Balaban J connectivity index is 0.00000196. The van der Waals surface area contributed by atoms with Gasteiger partial charge in [0, 0.05) is 11.4 Å². The lowest BCUT2D eigenvalue weighted by molar-refractivity contribution is -0.121.